The van der Waals surface area contributed by atoms with Crippen LogP contribution in [0, 0.1) is 12.8 Å². The van der Waals surface area contributed by atoms with E-state index in [0.29, 0.717) is 36.4 Å². The van der Waals surface area contributed by atoms with Gasteiger partial charge in [-0.1, -0.05) is 19.8 Å². The predicted molar refractivity (Wildman–Crippen MR) is 96.9 cm³/mol. The van der Waals surface area contributed by atoms with Crippen molar-refractivity contribution in [3.05, 3.63) is 29.3 Å². The first-order chi connectivity index (χ1) is 12.0. The van der Waals surface area contributed by atoms with E-state index in [9.17, 15) is 9.59 Å². The normalized spacial score (nSPS) is 20.0. The molecule has 1 aliphatic rings. The van der Waals surface area contributed by atoms with Gasteiger partial charge in [-0.15, -0.1) is 0 Å². The third kappa shape index (κ3) is 5.74. The van der Waals surface area contributed by atoms with Gasteiger partial charge in [0.25, 0.3) is 0 Å². The van der Waals surface area contributed by atoms with Gasteiger partial charge in [-0.05, 0) is 49.4 Å². The topological polar surface area (TPSA) is 76.7 Å². The lowest BCUT2D eigenvalue weighted by molar-refractivity contribution is -0.00232. The maximum Gasteiger partial charge on any atom is 0.337 e. The Hall–Kier alpha value is -2.08. The summed E-state index contributed by atoms with van der Waals surface area (Å²) in [5, 5.41) is 5.58. The van der Waals surface area contributed by atoms with Crippen molar-refractivity contribution in [2.45, 2.75) is 45.6 Å². The van der Waals surface area contributed by atoms with Gasteiger partial charge >= 0.3 is 12.0 Å². The summed E-state index contributed by atoms with van der Waals surface area (Å²) in [5.41, 5.74) is 1.92. The number of rotatable bonds is 6. The zero-order valence-corrected chi connectivity index (χ0v) is 15.3. The Morgan fingerprint density at radius 2 is 2.00 bits per heavy atom. The van der Waals surface area contributed by atoms with E-state index in [4.69, 9.17) is 4.74 Å². The minimum absolute atomic E-state index is 0.283. The van der Waals surface area contributed by atoms with Gasteiger partial charge < -0.3 is 20.1 Å². The summed E-state index contributed by atoms with van der Waals surface area (Å²) in [5.74, 6) is 0.201. The molecule has 1 fully saturated rings. The van der Waals surface area contributed by atoms with Crippen LogP contribution in [-0.2, 0) is 9.47 Å². The molecular formula is C19H28N2O4. The molecule has 1 aliphatic carbocycles. The van der Waals surface area contributed by atoms with Crippen molar-refractivity contribution in [2.75, 3.05) is 25.6 Å². The maximum absolute atomic E-state index is 12.0. The molecule has 1 aromatic carbocycles. The van der Waals surface area contributed by atoms with Crippen LogP contribution in [0.25, 0.3) is 0 Å². The highest BCUT2D eigenvalue weighted by molar-refractivity contribution is 5.93. The second-order valence-electron chi connectivity index (χ2n) is 6.57. The smallest absolute Gasteiger partial charge is 0.337 e. The molecule has 0 unspecified atom stereocenters. The number of hydrogen-bond donors (Lipinski definition) is 2. The van der Waals surface area contributed by atoms with Gasteiger partial charge in [-0.25, -0.2) is 9.59 Å². The van der Waals surface area contributed by atoms with Crippen molar-refractivity contribution in [2.24, 2.45) is 5.92 Å². The SMILES string of the molecule is COC(=O)c1ccc(NC(=O)NCCO[C@@H]2CCCC[C@@H]2C)c(C)c1. The van der Waals surface area contributed by atoms with E-state index >= 15 is 0 Å². The highest BCUT2D eigenvalue weighted by Crippen LogP contribution is 2.26. The summed E-state index contributed by atoms with van der Waals surface area (Å²) in [6.45, 7) is 5.04. The maximum atomic E-state index is 12.0. The minimum Gasteiger partial charge on any atom is -0.465 e. The van der Waals surface area contributed by atoms with E-state index in [1.807, 2.05) is 6.92 Å². The Balaban J connectivity index is 1.74. The number of carbonyl (C=O) groups excluding carboxylic acids is 2. The molecule has 2 N–H and O–H groups in total. The number of anilines is 1. The van der Waals surface area contributed by atoms with Gasteiger partial charge in [0, 0.05) is 12.2 Å². The molecule has 0 aromatic heterocycles. The van der Waals surface area contributed by atoms with Crippen LogP contribution < -0.4 is 10.6 Å². The number of amides is 2. The standard InChI is InChI=1S/C19H28N2O4/c1-13-6-4-5-7-17(13)25-11-10-20-19(23)21-16-9-8-15(12-14(16)2)18(22)24-3/h8-9,12-13,17H,4-7,10-11H2,1-3H3,(H2,20,21,23)/t13-,17+/m0/s1. The largest absolute Gasteiger partial charge is 0.465 e. The first-order valence-electron chi connectivity index (χ1n) is 8.86. The first-order valence-corrected chi connectivity index (χ1v) is 8.86. The summed E-state index contributed by atoms with van der Waals surface area (Å²) in [7, 11) is 1.34. The molecular weight excluding hydrogens is 320 g/mol. The summed E-state index contributed by atoms with van der Waals surface area (Å²) in [4.78, 5) is 23.5. The number of urea groups is 1. The zero-order chi connectivity index (χ0) is 18.2. The first kappa shape index (κ1) is 19.2. The van der Waals surface area contributed by atoms with Crippen molar-refractivity contribution in [1.82, 2.24) is 5.32 Å². The Morgan fingerprint density at radius 3 is 2.68 bits per heavy atom. The lowest BCUT2D eigenvalue weighted by Gasteiger charge is -2.28. The van der Waals surface area contributed by atoms with E-state index < -0.39 is 5.97 Å². The summed E-state index contributed by atoms with van der Waals surface area (Å²) < 4.78 is 10.6. The Labute approximate surface area is 149 Å². The van der Waals surface area contributed by atoms with Crippen LogP contribution >= 0.6 is 0 Å². The molecule has 138 valence electrons. The van der Waals surface area contributed by atoms with Crippen LogP contribution in [0.15, 0.2) is 18.2 Å². The molecule has 0 radical (unpaired) electrons. The second-order valence-corrected chi connectivity index (χ2v) is 6.57. The third-order valence-corrected chi connectivity index (χ3v) is 4.65. The summed E-state index contributed by atoms with van der Waals surface area (Å²) in [6.07, 6.45) is 5.16. The fourth-order valence-electron chi connectivity index (χ4n) is 3.12. The Morgan fingerprint density at radius 1 is 1.24 bits per heavy atom. The molecule has 0 heterocycles. The quantitative estimate of drug-likeness (QED) is 0.609. The number of nitrogens with one attached hydrogen (secondary N) is 2. The average molecular weight is 348 g/mol. The van der Waals surface area contributed by atoms with E-state index in [0.717, 1.165) is 12.0 Å². The zero-order valence-electron chi connectivity index (χ0n) is 15.3. The van der Waals surface area contributed by atoms with Crippen molar-refractivity contribution >= 4 is 17.7 Å². The van der Waals surface area contributed by atoms with Gasteiger partial charge in [0.05, 0.1) is 25.4 Å². The van der Waals surface area contributed by atoms with Gasteiger partial charge in [0.2, 0.25) is 0 Å². The number of esters is 1. The molecule has 6 nitrogen and oxygen atoms in total. The lowest BCUT2D eigenvalue weighted by atomic mass is 9.88. The van der Waals surface area contributed by atoms with Crippen LogP contribution in [-0.4, -0.2) is 38.4 Å². The molecule has 0 spiro atoms. The lowest BCUT2D eigenvalue weighted by Crippen LogP contribution is -2.34. The van der Waals surface area contributed by atoms with Crippen LogP contribution in [0.4, 0.5) is 10.5 Å². The van der Waals surface area contributed by atoms with Crippen LogP contribution in [0.3, 0.4) is 0 Å². The molecule has 2 atom stereocenters. The van der Waals surface area contributed by atoms with E-state index in [2.05, 4.69) is 22.3 Å². The van der Waals surface area contributed by atoms with Crippen molar-refractivity contribution in [3.8, 4) is 0 Å². The second kappa shape index (κ2) is 9.42. The van der Waals surface area contributed by atoms with Crippen molar-refractivity contribution in [1.29, 1.82) is 0 Å². The summed E-state index contributed by atoms with van der Waals surface area (Å²) in [6, 6.07) is 4.73. The third-order valence-electron chi connectivity index (χ3n) is 4.65. The number of carbonyl (C=O) groups is 2. The number of methoxy groups -OCH3 is 1. The highest BCUT2D eigenvalue weighted by atomic mass is 16.5. The predicted octanol–water partition coefficient (Wildman–Crippen LogP) is 3.50. The summed E-state index contributed by atoms with van der Waals surface area (Å²) >= 11 is 0. The highest BCUT2D eigenvalue weighted by Gasteiger charge is 2.21. The van der Waals surface area contributed by atoms with Crippen LogP contribution in [0.2, 0.25) is 0 Å². The van der Waals surface area contributed by atoms with E-state index in [-0.39, 0.29) is 6.03 Å². The monoisotopic (exact) mass is 348 g/mol. The van der Waals surface area contributed by atoms with Gasteiger partial charge in [0.15, 0.2) is 0 Å². The molecule has 1 saturated carbocycles. The van der Waals surface area contributed by atoms with E-state index in [1.165, 1.54) is 26.4 Å². The number of ether oxygens (including phenoxy) is 2. The molecule has 0 aliphatic heterocycles. The Bertz CT molecular complexity index is 603. The van der Waals surface area contributed by atoms with Crippen molar-refractivity contribution in [3.63, 3.8) is 0 Å². The molecule has 0 bridgehead atoms. The fourth-order valence-corrected chi connectivity index (χ4v) is 3.12. The molecule has 6 heteroatoms. The van der Waals surface area contributed by atoms with Gasteiger partial charge in [0.1, 0.15) is 0 Å². The fraction of sp³-hybridized carbons (Fsp3) is 0.579. The Kier molecular flexibility index (Phi) is 7.25. The van der Waals surface area contributed by atoms with Crippen LogP contribution in [0.1, 0.15) is 48.5 Å². The van der Waals surface area contributed by atoms with E-state index in [1.54, 1.807) is 18.2 Å². The molecule has 25 heavy (non-hydrogen) atoms. The average Bonchev–Trinajstić information content (AvgIpc) is 2.61. The molecule has 0 saturated heterocycles. The van der Waals surface area contributed by atoms with Gasteiger partial charge in [-0.2, -0.15) is 0 Å². The van der Waals surface area contributed by atoms with Gasteiger partial charge in [-0.3, -0.25) is 0 Å². The number of aryl methyl sites for hydroxylation is 1. The molecule has 1 aromatic rings. The van der Waals surface area contributed by atoms with Crippen LogP contribution in [0.5, 0.6) is 0 Å². The minimum atomic E-state index is -0.395. The molecule has 2 rings (SSSR count). The van der Waals surface area contributed by atoms with Crippen molar-refractivity contribution < 1.29 is 19.1 Å². The molecule has 2 amide bonds. The number of benzene rings is 1. The number of hydrogen-bond acceptors (Lipinski definition) is 4.